The molecule has 0 atom stereocenters. The van der Waals surface area contributed by atoms with Crippen molar-refractivity contribution in [3.63, 3.8) is 0 Å². The highest BCUT2D eigenvalue weighted by Crippen LogP contribution is 2.22. The molecule has 0 aliphatic rings. The van der Waals surface area contributed by atoms with Crippen LogP contribution in [0, 0.1) is 5.92 Å². The van der Waals surface area contributed by atoms with Crippen molar-refractivity contribution < 1.29 is 10.0 Å². The van der Waals surface area contributed by atoms with E-state index in [0.29, 0.717) is 5.92 Å². The van der Waals surface area contributed by atoms with Crippen molar-refractivity contribution in [3.8, 4) is 0 Å². The molecule has 5 nitrogen and oxygen atoms in total. The lowest BCUT2D eigenvalue weighted by Crippen LogP contribution is -2.14. The number of imidazole rings is 1. The molecule has 1 aromatic heterocycles. The second kappa shape index (κ2) is 7.97. The van der Waals surface area contributed by atoms with Crippen LogP contribution in [0.5, 0.6) is 0 Å². The molecular formula is C21H23N3O2. The van der Waals surface area contributed by atoms with Crippen LogP contribution in [0.25, 0.3) is 17.1 Å². The molecule has 0 unspecified atom stereocenters. The predicted octanol–water partition coefficient (Wildman–Crippen LogP) is 3.80. The molecule has 0 saturated heterocycles. The Labute approximate surface area is 152 Å². The summed E-state index contributed by atoms with van der Waals surface area (Å²) in [5.74, 6) is 1.02. The molecule has 1 heterocycles. The first kappa shape index (κ1) is 17.9. The van der Waals surface area contributed by atoms with Crippen LogP contribution >= 0.6 is 0 Å². The zero-order valence-corrected chi connectivity index (χ0v) is 15.0. The van der Waals surface area contributed by atoms with Crippen LogP contribution in [-0.2, 0) is 17.8 Å². The van der Waals surface area contributed by atoms with Gasteiger partial charge in [-0.1, -0.05) is 50.2 Å². The minimum absolute atomic E-state index is 0.508. The Morgan fingerprint density at radius 2 is 2.00 bits per heavy atom. The zero-order chi connectivity index (χ0) is 18.5. The molecule has 134 valence electrons. The summed E-state index contributed by atoms with van der Waals surface area (Å²) in [5.41, 5.74) is 5.67. The summed E-state index contributed by atoms with van der Waals surface area (Å²) in [5, 5.41) is 8.58. The van der Waals surface area contributed by atoms with E-state index in [4.69, 9.17) is 10.2 Å². The number of carbonyl (C=O) groups is 1. The van der Waals surface area contributed by atoms with Gasteiger partial charge in [0.1, 0.15) is 5.82 Å². The minimum Gasteiger partial charge on any atom is -0.323 e. The van der Waals surface area contributed by atoms with E-state index in [1.807, 2.05) is 36.4 Å². The third kappa shape index (κ3) is 4.18. The molecule has 0 fully saturated rings. The molecule has 0 aliphatic heterocycles. The normalized spacial score (nSPS) is 11.5. The summed E-state index contributed by atoms with van der Waals surface area (Å²) >= 11 is 0. The first-order valence-electron chi connectivity index (χ1n) is 8.72. The number of aromatic nitrogens is 2. The molecule has 3 rings (SSSR count). The summed E-state index contributed by atoms with van der Waals surface area (Å²) in [7, 11) is 0. The fraction of sp³-hybridized carbons (Fsp3) is 0.238. The van der Waals surface area contributed by atoms with E-state index < -0.39 is 5.91 Å². The molecule has 0 radical (unpaired) electrons. The summed E-state index contributed by atoms with van der Waals surface area (Å²) in [6.45, 7) is 5.16. The third-order valence-electron chi connectivity index (χ3n) is 4.16. The van der Waals surface area contributed by atoms with Gasteiger partial charge >= 0.3 is 0 Å². The maximum atomic E-state index is 11.2. The molecule has 5 heteroatoms. The first-order chi connectivity index (χ1) is 12.6. The van der Waals surface area contributed by atoms with Crippen molar-refractivity contribution in [2.24, 2.45) is 5.92 Å². The Morgan fingerprint density at radius 3 is 2.69 bits per heavy atom. The molecule has 2 aromatic carbocycles. The van der Waals surface area contributed by atoms with E-state index in [0.717, 1.165) is 35.4 Å². The van der Waals surface area contributed by atoms with Gasteiger partial charge < -0.3 is 4.57 Å². The quantitative estimate of drug-likeness (QED) is 0.404. The van der Waals surface area contributed by atoms with Gasteiger partial charge in [0.15, 0.2) is 0 Å². The van der Waals surface area contributed by atoms with Gasteiger partial charge in [-0.2, -0.15) is 0 Å². The lowest BCUT2D eigenvalue weighted by molar-refractivity contribution is -0.124. The maximum Gasteiger partial charge on any atom is 0.267 e. The Hall–Kier alpha value is -2.92. The number of nitrogens with zero attached hydrogens (tertiary/aromatic N) is 2. The van der Waals surface area contributed by atoms with Gasteiger partial charge in [0, 0.05) is 19.0 Å². The minimum atomic E-state index is -0.555. The zero-order valence-electron chi connectivity index (χ0n) is 15.0. The molecule has 2 N–H and O–H groups in total. The Kier molecular flexibility index (Phi) is 5.49. The van der Waals surface area contributed by atoms with Gasteiger partial charge in [0.25, 0.3) is 5.91 Å². The second-order valence-corrected chi connectivity index (χ2v) is 6.76. The number of fused-ring (bicyclic) bond motifs is 1. The van der Waals surface area contributed by atoms with E-state index in [1.165, 1.54) is 11.6 Å². The second-order valence-electron chi connectivity index (χ2n) is 6.76. The highest BCUT2D eigenvalue weighted by atomic mass is 16.5. The monoisotopic (exact) mass is 349 g/mol. The van der Waals surface area contributed by atoms with Crippen LogP contribution in [-0.4, -0.2) is 20.7 Å². The van der Waals surface area contributed by atoms with Gasteiger partial charge in [-0.3, -0.25) is 10.0 Å². The summed E-state index contributed by atoms with van der Waals surface area (Å²) in [6.07, 6.45) is 3.85. The largest absolute Gasteiger partial charge is 0.323 e. The van der Waals surface area contributed by atoms with Crippen molar-refractivity contribution in [1.82, 2.24) is 15.0 Å². The average Bonchev–Trinajstić information content (AvgIpc) is 2.96. The van der Waals surface area contributed by atoms with Crippen LogP contribution in [0.1, 0.15) is 30.8 Å². The van der Waals surface area contributed by atoms with Crippen molar-refractivity contribution in [2.75, 3.05) is 0 Å². The Balaban J connectivity index is 2.00. The van der Waals surface area contributed by atoms with Crippen molar-refractivity contribution in [3.05, 3.63) is 71.6 Å². The van der Waals surface area contributed by atoms with E-state index >= 15 is 0 Å². The fourth-order valence-corrected chi connectivity index (χ4v) is 2.97. The molecule has 0 bridgehead atoms. The molecular weight excluding hydrogens is 326 g/mol. The van der Waals surface area contributed by atoms with Crippen LogP contribution in [0.2, 0.25) is 0 Å². The average molecular weight is 349 g/mol. The van der Waals surface area contributed by atoms with Crippen molar-refractivity contribution in [1.29, 1.82) is 0 Å². The molecule has 0 aliphatic carbocycles. The summed E-state index contributed by atoms with van der Waals surface area (Å²) in [4.78, 5) is 16.0. The van der Waals surface area contributed by atoms with Crippen LogP contribution < -0.4 is 5.48 Å². The first-order valence-corrected chi connectivity index (χ1v) is 8.72. The van der Waals surface area contributed by atoms with E-state index in [1.54, 1.807) is 11.6 Å². The van der Waals surface area contributed by atoms with E-state index in [9.17, 15) is 4.79 Å². The van der Waals surface area contributed by atoms with Crippen molar-refractivity contribution >= 4 is 23.0 Å². The van der Waals surface area contributed by atoms with Gasteiger partial charge in [-0.15, -0.1) is 0 Å². The number of hydrogen-bond acceptors (Lipinski definition) is 3. The topological polar surface area (TPSA) is 67.2 Å². The van der Waals surface area contributed by atoms with E-state index in [2.05, 4.69) is 30.5 Å². The van der Waals surface area contributed by atoms with Gasteiger partial charge in [-0.05, 0) is 35.3 Å². The predicted molar refractivity (Wildman–Crippen MR) is 103 cm³/mol. The smallest absolute Gasteiger partial charge is 0.267 e. The SMILES string of the molecule is CC(C)Cc1nc2cc(C=CC(=O)NO)ccc2n1Cc1ccccc1. The number of rotatable bonds is 6. The van der Waals surface area contributed by atoms with Gasteiger partial charge in [0.2, 0.25) is 0 Å². The lowest BCUT2D eigenvalue weighted by atomic mass is 10.1. The van der Waals surface area contributed by atoms with Crippen LogP contribution in [0.3, 0.4) is 0 Å². The molecule has 0 spiro atoms. The number of hydroxylamine groups is 1. The Morgan fingerprint density at radius 1 is 1.23 bits per heavy atom. The third-order valence-corrected chi connectivity index (χ3v) is 4.16. The molecule has 26 heavy (non-hydrogen) atoms. The number of amides is 1. The highest BCUT2D eigenvalue weighted by molar-refractivity contribution is 5.91. The maximum absolute atomic E-state index is 11.2. The lowest BCUT2D eigenvalue weighted by Gasteiger charge is -2.11. The number of hydrogen-bond donors (Lipinski definition) is 2. The van der Waals surface area contributed by atoms with Crippen LogP contribution in [0.4, 0.5) is 0 Å². The molecule has 0 saturated carbocycles. The number of carbonyl (C=O) groups excluding carboxylic acids is 1. The summed E-state index contributed by atoms with van der Waals surface area (Å²) in [6, 6.07) is 16.3. The van der Waals surface area contributed by atoms with Crippen molar-refractivity contribution in [2.45, 2.75) is 26.8 Å². The highest BCUT2D eigenvalue weighted by Gasteiger charge is 2.13. The summed E-state index contributed by atoms with van der Waals surface area (Å²) < 4.78 is 2.26. The number of nitrogens with one attached hydrogen (secondary N) is 1. The molecule has 3 aromatic rings. The fourth-order valence-electron chi connectivity index (χ4n) is 2.97. The van der Waals surface area contributed by atoms with E-state index in [-0.39, 0.29) is 0 Å². The standard InChI is InChI=1S/C21H23N3O2/c1-15(2)12-20-22-18-13-16(9-11-21(25)23-26)8-10-19(18)24(20)14-17-6-4-3-5-7-17/h3-11,13,15,26H,12,14H2,1-2H3,(H,23,25). The Bertz CT molecular complexity index is 927. The van der Waals surface area contributed by atoms with Gasteiger partial charge in [-0.25, -0.2) is 10.5 Å². The number of benzene rings is 2. The molecule has 1 amide bonds. The van der Waals surface area contributed by atoms with Gasteiger partial charge in [0.05, 0.1) is 11.0 Å². The van der Waals surface area contributed by atoms with Crippen LogP contribution in [0.15, 0.2) is 54.6 Å².